The second-order valence-electron chi connectivity index (χ2n) is 6.26. The molecule has 0 saturated heterocycles. The molecule has 0 radical (unpaired) electrons. The zero-order chi connectivity index (χ0) is 17.2. The summed E-state index contributed by atoms with van der Waals surface area (Å²) in [6.07, 6.45) is 3.64. The Morgan fingerprint density at radius 1 is 1.25 bits per heavy atom. The molecule has 3 rings (SSSR count). The van der Waals surface area contributed by atoms with Crippen molar-refractivity contribution in [3.05, 3.63) is 58.9 Å². The average Bonchev–Trinajstić information content (AvgIpc) is 3.27. The van der Waals surface area contributed by atoms with Crippen LogP contribution in [0.4, 0.5) is 5.69 Å². The van der Waals surface area contributed by atoms with Gasteiger partial charge in [0.1, 0.15) is 5.69 Å². The summed E-state index contributed by atoms with van der Waals surface area (Å²) in [4.78, 5) is 28.4. The van der Waals surface area contributed by atoms with E-state index in [9.17, 15) is 9.59 Å². The SMILES string of the molecule is CC1(NC(=O)c2cc(NC(=O)Cc3ccccc3Cl)ccn2)CC1. The highest BCUT2D eigenvalue weighted by Crippen LogP contribution is 2.34. The summed E-state index contributed by atoms with van der Waals surface area (Å²) in [6, 6.07) is 10.4. The van der Waals surface area contributed by atoms with Gasteiger partial charge in [-0.1, -0.05) is 29.8 Å². The van der Waals surface area contributed by atoms with Crippen LogP contribution in [0.25, 0.3) is 0 Å². The second kappa shape index (κ2) is 6.61. The zero-order valence-electron chi connectivity index (χ0n) is 13.3. The predicted molar refractivity (Wildman–Crippen MR) is 93.1 cm³/mol. The number of pyridine rings is 1. The summed E-state index contributed by atoms with van der Waals surface area (Å²) >= 11 is 6.06. The van der Waals surface area contributed by atoms with Crippen molar-refractivity contribution in [2.75, 3.05) is 5.32 Å². The van der Waals surface area contributed by atoms with Gasteiger partial charge in [-0.25, -0.2) is 0 Å². The Bertz CT molecular complexity index is 787. The van der Waals surface area contributed by atoms with Gasteiger partial charge in [0.15, 0.2) is 0 Å². The third kappa shape index (κ3) is 4.11. The predicted octanol–water partition coefficient (Wildman–Crippen LogP) is 3.20. The van der Waals surface area contributed by atoms with E-state index in [0.29, 0.717) is 16.4 Å². The number of benzene rings is 1. The molecule has 0 unspecified atom stereocenters. The van der Waals surface area contributed by atoms with Crippen LogP contribution in [0.15, 0.2) is 42.6 Å². The first-order valence-electron chi connectivity index (χ1n) is 7.77. The number of amides is 2. The lowest BCUT2D eigenvalue weighted by atomic mass is 10.1. The number of nitrogens with one attached hydrogen (secondary N) is 2. The van der Waals surface area contributed by atoms with Crippen LogP contribution in [0.3, 0.4) is 0 Å². The first-order valence-corrected chi connectivity index (χ1v) is 8.15. The van der Waals surface area contributed by atoms with Crippen LogP contribution in [-0.2, 0) is 11.2 Å². The van der Waals surface area contributed by atoms with Crippen molar-refractivity contribution in [1.82, 2.24) is 10.3 Å². The molecule has 1 aromatic heterocycles. The van der Waals surface area contributed by atoms with Crippen molar-refractivity contribution in [1.29, 1.82) is 0 Å². The molecule has 1 aromatic carbocycles. The third-order valence-corrected chi connectivity index (χ3v) is 4.37. The number of anilines is 1. The van der Waals surface area contributed by atoms with E-state index in [4.69, 9.17) is 11.6 Å². The van der Waals surface area contributed by atoms with Crippen molar-refractivity contribution in [3.63, 3.8) is 0 Å². The van der Waals surface area contributed by atoms with Gasteiger partial charge in [0.2, 0.25) is 5.91 Å². The lowest BCUT2D eigenvalue weighted by molar-refractivity contribution is -0.115. The molecule has 1 saturated carbocycles. The van der Waals surface area contributed by atoms with Crippen LogP contribution in [0.1, 0.15) is 35.8 Å². The Labute approximate surface area is 145 Å². The number of halogens is 1. The molecule has 5 nitrogen and oxygen atoms in total. The number of carbonyl (C=O) groups is 2. The molecular formula is C18H18ClN3O2. The number of aromatic nitrogens is 1. The summed E-state index contributed by atoms with van der Waals surface area (Å²) in [5.74, 6) is -0.424. The summed E-state index contributed by atoms with van der Waals surface area (Å²) in [6.45, 7) is 2.00. The molecule has 0 bridgehead atoms. The molecular weight excluding hydrogens is 326 g/mol. The lowest BCUT2D eigenvalue weighted by Crippen LogP contribution is -2.34. The molecule has 2 N–H and O–H groups in total. The average molecular weight is 344 g/mol. The third-order valence-electron chi connectivity index (χ3n) is 4.00. The van der Waals surface area contributed by atoms with Crippen molar-refractivity contribution in [2.45, 2.75) is 31.7 Å². The normalized spacial score (nSPS) is 14.8. The summed E-state index contributed by atoms with van der Waals surface area (Å²) in [5.41, 5.74) is 1.47. The van der Waals surface area contributed by atoms with Gasteiger partial charge < -0.3 is 10.6 Å². The van der Waals surface area contributed by atoms with Crippen molar-refractivity contribution in [3.8, 4) is 0 Å². The minimum atomic E-state index is -0.225. The maximum Gasteiger partial charge on any atom is 0.270 e. The summed E-state index contributed by atoms with van der Waals surface area (Å²) in [5, 5.41) is 6.27. The van der Waals surface area contributed by atoms with Crippen molar-refractivity contribution >= 4 is 29.1 Å². The van der Waals surface area contributed by atoms with E-state index in [1.165, 1.54) is 6.20 Å². The Morgan fingerprint density at radius 3 is 2.71 bits per heavy atom. The molecule has 24 heavy (non-hydrogen) atoms. The van der Waals surface area contributed by atoms with E-state index in [1.54, 1.807) is 18.2 Å². The molecule has 124 valence electrons. The quantitative estimate of drug-likeness (QED) is 0.875. The maximum atomic E-state index is 12.2. The highest BCUT2D eigenvalue weighted by Gasteiger charge is 2.39. The lowest BCUT2D eigenvalue weighted by Gasteiger charge is -2.12. The zero-order valence-corrected chi connectivity index (χ0v) is 14.1. The molecule has 1 heterocycles. The van der Waals surface area contributed by atoms with Gasteiger partial charge in [-0.15, -0.1) is 0 Å². The smallest absolute Gasteiger partial charge is 0.270 e. The van der Waals surface area contributed by atoms with Gasteiger partial charge in [-0.3, -0.25) is 14.6 Å². The van der Waals surface area contributed by atoms with E-state index in [-0.39, 0.29) is 23.8 Å². The number of carbonyl (C=O) groups excluding carboxylic acids is 2. The molecule has 1 fully saturated rings. The van der Waals surface area contributed by atoms with Crippen molar-refractivity contribution < 1.29 is 9.59 Å². The summed E-state index contributed by atoms with van der Waals surface area (Å²) in [7, 11) is 0. The van der Waals surface area contributed by atoms with Crippen LogP contribution in [-0.4, -0.2) is 22.3 Å². The molecule has 0 atom stereocenters. The van der Waals surface area contributed by atoms with Gasteiger partial charge >= 0.3 is 0 Å². The van der Waals surface area contributed by atoms with Crippen LogP contribution < -0.4 is 10.6 Å². The summed E-state index contributed by atoms with van der Waals surface area (Å²) < 4.78 is 0. The van der Waals surface area contributed by atoms with Gasteiger partial charge in [0.25, 0.3) is 5.91 Å². The highest BCUT2D eigenvalue weighted by atomic mass is 35.5. The molecule has 6 heteroatoms. The Kier molecular flexibility index (Phi) is 4.53. The van der Waals surface area contributed by atoms with Gasteiger partial charge in [0.05, 0.1) is 6.42 Å². The Balaban J connectivity index is 1.64. The van der Waals surface area contributed by atoms with Crippen LogP contribution in [0.2, 0.25) is 5.02 Å². The fraction of sp³-hybridized carbons (Fsp3) is 0.278. The van der Waals surface area contributed by atoms with E-state index >= 15 is 0 Å². The molecule has 2 amide bonds. The monoisotopic (exact) mass is 343 g/mol. The van der Waals surface area contributed by atoms with Gasteiger partial charge in [-0.2, -0.15) is 0 Å². The van der Waals surface area contributed by atoms with Crippen molar-refractivity contribution in [2.24, 2.45) is 0 Å². The minimum Gasteiger partial charge on any atom is -0.346 e. The standard InChI is InChI=1S/C18H18ClN3O2/c1-18(7-8-18)22-17(24)15-11-13(6-9-20-15)21-16(23)10-12-4-2-3-5-14(12)19/h2-6,9,11H,7-8,10H2,1H3,(H,22,24)(H,20,21,23). The van der Waals surface area contributed by atoms with E-state index in [2.05, 4.69) is 15.6 Å². The van der Waals surface area contributed by atoms with Crippen LogP contribution in [0, 0.1) is 0 Å². The van der Waals surface area contributed by atoms with E-state index in [1.807, 2.05) is 25.1 Å². The first-order chi connectivity index (χ1) is 11.5. The highest BCUT2D eigenvalue weighted by molar-refractivity contribution is 6.31. The largest absolute Gasteiger partial charge is 0.346 e. The first kappa shape index (κ1) is 16.5. The van der Waals surface area contributed by atoms with E-state index in [0.717, 1.165) is 18.4 Å². The Morgan fingerprint density at radius 2 is 2.00 bits per heavy atom. The van der Waals surface area contributed by atoms with Gasteiger partial charge in [-0.05, 0) is 43.5 Å². The fourth-order valence-corrected chi connectivity index (χ4v) is 2.51. The molecule has 2 aromatic rings. The maximum absolute atomic E-state index is 12.2. The number of hydrogen-bond acceptors (Lipinski definition) is 3. The molecule has 0 spiro atoms. The molecule has 0 aliphatic heterocycles. The number of nitrogens with zero attached hydrogens (tertiary/aromatic N) is 1. The van der Waals surface area contributed by atoms with Crippen LogP contribution in [0.5, 0.6) is 0 Å². The topological polar surface area (TPSA) is 71.1 Å². The fourth-order valence-electron chi connectivity index (χ4n) is 2.30. The Hall–Kier alpha value is -2.40. The van der Waals surface area contributed by atoms with Gasteiger partial charge in [0, 0.05) is 22.4 Å². The number of rotatable bonds is 5. The molecule has 1 aliphatic carbocycles. The minimum absolute atomic E-state index is 0.109. The molecule has 1 aliphatic rings. The second-order valence-corrected chi connectivity index (χ2v) is 6.67. The number of hydrogen-bond donors (Lipinski definition) is 2. The van der Waals surface area contributed by atoms with E-state index < -0.39 is 0 Å². The van der Waals surface area contributed by atoms with Crippen LogP contribution >= 0.6 is 11.6 Å².